The van der Waals surface area contributed by atoms with Crippen molar-refractivity contribution in [2.75, 3.05) is 13.1 Å². The van der Waals surface area contributed by atoms with Gasteiger partial charge in [0.1, 0.15) is 5.84 Å². The van der Waals surface area contributed by atoms with Crippen molar-refractivity contribution in [3.63, 3.8) is 0 Å². The van der Waals surface area contributed by atoms with Gasteiger partial charge in [-0.05, 0) is 23.3 Å². The number of halogens is 7. The molecule has 0 saturated carbocycles. The zero-order chi connectivity index (χ0) is 26.5. The average Bonchev–Trinajstić information content (AvgIpc) is 3.26. The normalized spacial score (nSPS) is 21.6. The Morgan fingerprint density at radius 2 is 1.67 bits per heavy atom. The third-order valence-electron chi connectivity index (χ3n) is 6.26. The summed E-state index contributed by atoms with van der Waals surface area (Å²) in [7, 11) is 0. The van der Waals surface area contributed by atoms with Crippen molar-refractivity contribution < 1.29 is 35.6 Å². The fourth-order valence-corrected chi connectivity index (χ4v) is 4.33. The summed E-state index contributed by atoms with van der Waals surface area (Å²) in [5.74, 6) is -5.12. The van der Waals surface area contributed by atoms with Gasteiger partial charge < -0.3 is 9.74 Å². The molecule has 1 unspecified atom stereocenters. The fraction of sp³-hybridized carbons (Fsp3) is 0.375. The Balaban J connectivity index is 1.55. The maximum atomic E-state index is 15.4. The number of hydrogen-bond acceptors (Lipinski definition) is 4. The monoisotopic (exact) mass is 512 g/mol. The number of hydrogen-bond donors (Lipinski definition) is 0. The van der Waals surface area contributed by atoms with Crippen LogP contribution in [0.25, 0.3) is 0 Å². The summed E-state index contributed by atoms with van der Waals surface area (Å²) in [5.41, 5.74) is -5.68. The van der Waals surface area contributed by atoms with E-state index < -0.39 is 46.9 Å². The Labute approximate surface area is 201 Å². The fourth-order valence-electron chi connectivity index (χ4n) is 4.33. The molecule has 0 bridgehead atoms. The van der Waals surface area contributed by atoms with Crippen molar-refractivity contribution in [2.45, 2.75) is 37.7 Å². The lowest BCUT2D eigenvalue weighted by molar-refractivity contribution is -0.276. The van der Waals surface area contributed by atoms with E-state index in [0.717, 1.165) is 0 Å². The number of nitriles is 1. The van der Waals surface area contributed by atoms with Gasteiger partial charge in [-0.3, -0.25) is 0 Å². The van der Waals surface area contributed by atoms with Gasteiger partial charge in [0.15, 0.2) is 23.1 Å². The summed E-state index contributed by atoms with van der Waals surface area (Å²) in [4.78, 5) is 10.1. The Hall–Kier alpha value is -3.62. The highest BCUT2D eigenvalue weighted by Crippen LogP contribution is 2.49. The molecule has 0 radical (unpaired) electrons. The second-order valence-corrected chi connectivity index (χ2v) is 9.01. The second-order valence-electron chi connectivity index (χ2n) is 9.01. The molecule has 190 valence electrons. The van der Waals surface area contributed by atoms with E-state index in [4.69, 9.17) is 10.1 Å². The quantitative estimate of drug-likeness (QED) is 0.174. The van der Waals surface area contributed by atoms with Crippen LogP contribution in [0.15, 0.2) is 46.5 Å². The van der Waals surface area contributed by atoms with Crippen LogP contribution < -0.4 is 0 Å². The Bertz CT molecular complexity index is 1250. The van der Waals surface area contributed by atoms with Gasteiger partial charge in [0.25, 0.3) is 5.60 Å². The molecule has 1 fully saturated rings. The Kier molecular flexibility index (Phi) is 6.22. The van der Waals surface area contributed by atoms with E-state index in [9.17, 15) is 26.3 Å². The van der Waals surface area contributed by atoms with E-state index in [2.05, 4.69) is 10.1 Å². The first-order chi connectivity index (χ1) is 16.8. The summed E-state index contributed by atoms with van der Waals surface area (Å²) in [5, 5.41) is 12.3. The lowest BCUT2D eigenvalue weighted by atomic mass is 9.84. The Morgan fingerprint density at radius 1 is 1.08 bits per heavy atom. The van der Waals surface area contributed by atoms with Gasteiger partial charge in [-0.15, -0.1) is 0 Å². The van der Waals surface area contributed by atoms with Crippen molar-refractivity contribution >= 4 is 11.5 Å². The smallest absolute Gasteiger partial charge is 0.374 e. The minimum absolute atomic E-state index is 0.0476. The number of oxime groups is 1. The molecule has 0 N–H and O–H groups in total. The highest BCUT2D eigenvalue weighted by atomic mass is 19.4. The molecule has 2 heterocycles. The molecule has 0 amide bonds. The summed E-state index contributed by atoms with van der Waals surface area (Å²) < 4.78 is 98.2. The van der Waals surface area contributed by atoms with Crippen LogP contribution >= 0.6 is 0 Å². The van der Waals surface area contributed by atoms with Gasteiger partial charge in [0.05, 0.1) is 18.8 Å². The summed E-state index contributed by atoms with van der Waals surface area (Å²) in [6, 6.07) is 5.99. The number of aliphatic imine (C=N–C) groups is 1. The molecule has 5 nitrogen and oxygen atoms in total. The average molecular weight is 512 g/mol. The molecule has 36 heavy (non-hydrogen) atoms. The highest BCUT2D eigenvalue weighted by molar-refractivity contribution is 6.02. The van der Waals surface area contributed by atoms with Crippen molar-refractivity contribution in [2.24, 2.45) is 16.1 Å². The predicted octanol–water partition coefficient (Wildman–Crippen LogP) is 5.70. The third-order valence-corrected chi connectivity index (χ3v) is 6.26. The molecular formula is C24H19F7N4O. The number of benzene rings is 2. The second kappa shape index (κ2) is 8.80. The summed E-state index contributed by atoms with van der Waals surface area (Å²) >= 11 is 0. The van der Waals surface area contributed by atoms with Gasteiger partial charge in [0, 0.05) is 17.9 Å². The lowest BCUT2D eigenvalue weighted by Gasteiger charge is -2.47. The zero-order valence-electron chi connectivity index (χ0n) is 19.0. The van der Waals surface area contributed by atoms with Crippen molar-refractivity contribution in [3.8, 4) is 6.19 Å². The highest BCUT2D eigenvalue weighted by Gasteiger charge is 2.62. The SMILES string of the molecule is CC(C)/C(=N\C#N)N1CC(F)(c2ccc(C3=NOC(c4cc(F)c(F)c(F)c4)(C(F)(F)F)C3)cc2)C1. The number of alkyl halides is 4. The van der Waals surface area contributed by atoms with E-state index in [1.54, 1.807) is 11.1 Å². The largest absolute Gasteiger partial charge is 0.435 e. The molecule has 2 aromatic carbocycles. The first-order valence-electron chi connectivity index (χ1n) is 10.8. The minimum Gasteiger partial charge on any atom is -0.374 e. The van der Waals surface area contributed by atoms with Crippen LogP contribution in [-0.4, -0.2) is 35.7 Å². The predicted molar refractivity (Wildman–Crippen MR) is 115 cm³/mol. The summed E-state index contributed by atoms with van der Waals surface area (Å²) in [6.45, 7) is 3.55. The molecule has 12 heteroatoms. The van der Waals surface area contributed by atoms with Crippen LogP contribution in [0.4, 0.5) is 30.7 Å². The molecule has 1 saturated heterocycles. The topological polar surface area (TPSA) is 61.0 Å². The van der Waals surface area contributed by atoms with E-state index in [1.165, 1.54) is 24.3 Å². The molecule has 0 spiro atoms. The van der Waals surface area contributed by atoms with Gasteiger partial charge in [-0.2, -0.15) is 23.4 Å². The van der Waals surface area contributed by atoms with Crippen LogP contribution in [0, 0.1) is 34.8 Å². The van der Waals surface area contributed by atoms with Crippen molar-refractivity contribution in [3.05, 3.63) is 70.5 Å². The molecule has 2 aliphatic rings. The first-order valence-corrected chi connectivity index (χ1v) is 10.8. The molecule has 0 aromatic heterocycles. The van der Waals surface area contributed by atoms with Crippen molar-refractivity contribution in [1.82, 2.24) is 4.90 Å². The van der Waals surface area contributed by atoms with Crippen LogP contribution in [0.5, 0.6) is 0 Å². The van der Waals surface area contributed by atoms with Crippen LogP contribution in [0.2, 0.25) is 0 Å². The standard InChI is InChI=1S/C24H19F7N4O/c1-13(2)21(33-12-32)35-10-22(28,11-35)15-5-3-14(4-6-15)19-9-23(36-34-19,24(29,30)31)16-7-17(25)20(27)18(26)8-16/h3-8,13H,9-11H2,1-2H3/b33-21+. The van der Waals surface area contributed by atoms with Crippen LogP contribution in [0.1, 0.15) is 37.0 Å². The molecule has 2 aromatic rings. The molecule has 4 rings (SSSR count). The number of amidine groups is 1. The molecule has 2 aliphatic heterocycles. The maximum Gasteiger partial charge on any atom is 0.435 e. The molecule has 0 aliphatic carbocycles. The van der Waals surface area contributed by atoms with E-state index in [0.29, 0.717) is 5.84 Å². The molecular weight excluding hydrogens is 493 g/mol. The van der Waals surface area contributed by atoms with Gasteiger partial charge in [0.2, 0.25) is 6.19 Å². The number of rotatable bonds is 4. The first kappa shape index (κ1) is 25.5. The van der Waals surface area contributed by atoms with E-state index in [-0.39, 0.29) is 48.0 Å². The van der Waals surface area contributed by atoms with Crippen LogP contribution in [-0.2, 0) is 16.1 Å². The zero-order valence-corrected chi connectivity index (χ0v) is 19.0. The van der Waals surface area contributed by atoms with E-state index >= 15 is 4.39 Å². The van der Waals surface area contributed by atoms with Gasteiger partial charge >= 0.3 is 6.18 Å². The molecule has 1 atom stereocenters. The van der Waals surface area contributed by atoms with Gasteiger partial charge in [-0.1, -0.05) is 43.3 Å². The minimum atomic E-state index is -5.15. The van der Waals surface area contributed by atoms with E-state index in [1.807, 2.05) is 13.8 Å². The van der Waals surface area contributed by atoms with Crippen LogP contribution in [0.3, 0.4) is 0 Å². The maximum absolute atomic E-state index is 15.4. The summed E-state index contributed by atoms with van der Waals surface area (Å²) in [6.07, 6.45) is -4.38. The third kappa shape index (κ3) is 4.16. The van der Waals surface area contributed by atoms with Crippen molar-refractivity contribution in [1.29, 1.82) is 5.26 Å². The Morgan fingerprint density at radius 3 is 2.17 bits per heavy atom. The lowest BCUT2D eigenvalue weighted by Crippen LogP contribution is -2.59. The number of nitrogens with zero attached hydrogens (tertiary/aromatic N) is 4. The van der Waals surface area contributed by atoms with Gasteiger partial charge in [-0.25, -0.2) is 17.6 Å². The number of likely N-dealkylation sites (tertiary alicyclic amines) is 1.